The molecule has 1 aromatic rings. The molecule has 2 bridgehead atoms. The highest BCUT2D eigenvalue weighted by atomic mass is 32.2. The van der Waals surface area contributed by atoms with E-state index in [0.717, 1.165) is 18.3 Å². The van der Waals surface area contributed by atoms with Gasteiger partial charge in [0, 0.05) is 24.7 Å². The van der Waals surface area contributed by atoms with E-state index in [4.69, 9.17) is 12.2 Å². The zero-order valence-corrected chi connectivity index (χ0v) is 16.2. The molecule has 26 heavy (non-hydrogen) atoms. The third-order valence-corrected chi connectivity index (χ3v) is 7.18. The fourth-order valence-electron chi connectivity index (χ4n) is 4.33. The van der Waals surface area contributed by atoms with Crippen molar-refractivity contribution >= 4 is 38.9 Å². The van der Waals surface area contributed by atoms with Gasteiger partial charge in [0.15, 0.2) is 5.11 Å². The van der Waals surface area contributed by atoms with E-state index in [9.17, 15) is 8.42 Å². The number of nitrogens with one attached hydrogen (secondary N) is 3. The van der Waals surface area contributed by atoms with Crippen LogP contribution in [-0.4, -0.2) is 32.0 Å². The fraction of sp³-hybridized carbons (Fsp3) is 0.556. The second-order valence-corrected chi connectivity index (χ2v) is 9.54. The summed E-state index contributed by atoms with van der Waals surface area (Å²) in [7, 11) is -3.62. The lowest BCUT2D eigenvalue weighted by atomic mass is 9.96. The van der Waals surface area contributed by atoms with Crippen LogP contribution in [0.25, 0.3) is 0 Å². The van der Waals surface area contributed by atoms with Gasteiger partial charge in [-0.25, -0.2) is 8.42 Å². The van der Waals surface area contributed by atoms with Crippen molar-refractivity contribution in [1.82, 2.24) is 10.0 Å². The molecule has 0 spiro atoms. The minimum Gasteiger partial charge on any atom is -0.359 e. The number of aliphatic imine (C=N–C) groups is 1. The molecule has 3 atom stereocenters. The van der Waals surface area contributed by atoms with Crippen LogP contribution in [0.2, 0.25) is 0 Å². The van der Waals surface area contributed by atoms with Crippen LogP contribution in [0.15, 0.2) is 34.2 Å². The summed E-state index contributed by atoms with van der Waals surface area (Å²) in [5, 5.41) is 7.10. The molecule has 0 aromatic heterocycles. The smallest absolute Gasteiger partial charge is 0.262 e. The number of thiocarbonyl (C=S) groups is 1. The zero-order valence-electron chi connectivity index (χ0n) is 14.6. The van der Waals surface area contributed by atoms with Gasteiger partial charge in [0.1, 0.15) is 5.84 Å². The number of hydrogen-bond donors (Lipinski definition) is 3. The number of nitrogens with zero attached hydrogens (tertiary/aromatic N) is 1. The normalized spacial score (nSPS) is 27.2. The van der Waals surface area contributed by atoms with Crippen molar-refractivity contribution in [2.75, 3.05) is 11.9 Å². The van der Waals surface area contributed by atoms with Gasteiger partial charge in [-0.2, -0.15) is 0 Å². The average Bonchev–Trinajstić information content (AvgIpc) is 3.33. The standard InChI is InChI=1S/C18H24N4O2S2/c23-26(24,22-17-5-2-8-19-17)15-4-1-3-14(11-15)20-18(25)21-16-10-12-6-7-13(16)9-12/h1,3-4,11-13,16H,2,5-10H2,(H,19,22)(H2,20,21,25)/t12-,13-,16-/m0/s1. The van der Waals surface area contributed by atoms with Crippen molar-refractivity contribution in [3.63, 3.8) is 0 Å². The van der Waals surface area contributed by atoms with E-state index >= 15 is 0 Å². The molecule has 3 aliphatic rings. The largest absolute Gasteiger partial charge is 0.359 e. The molecule has 2 saturated carbocycles. The van der Waals surface area contributed by atoms with Crippen molar-refractivity contribution in [2.45, 2.75) is 49.5 Å². The molecule has 4 rings (SSSR count). The van der Waals surface area contributed by atoms with Gasteiger partial charge in [-0.1, -0.05) is 12.5 Å². The maximum atomic E-state index is 12.5. The van der Waals surface area contributed by atoms with Crippen LogP contribution in [0.3, 0.4) is 0 Å². The highest BCUT2D eigenvalue weighted by molar-refractivity contribution is 7.90. The maximum Gasteiger partial charge on any atom is 0.262 e. The Kier molecular flexibility index (Phi) is 4.88. The van der Waals surface area contributed by atoms with Crippen molar-refractivity contribution in [3.8, 4) is 0 Å². The summed E-state index contributed by atoms with van der Waals surface area (Å²) in [5.74, 6) is 2.11. The van der Waals surface area contributed by atoms with Gasteiger partial charge in [-0.3, -0.25) is 9.71 Å². The summed E-state index contributed by atoms with van der Waals surface area (Å²) in [6.07, 6.45) is 6.70. The van der Waals surface area contributed by atoms with Gasteiger partial charge in [-0.05, 0) is 67.9 Å². The van der Waals surface area contributed by atoms with Crippen molar-refractivity contribution < 1.29 is 8.42 Å². The van der Waals surface area contributed by atoms with Crippen LogP contribution in [0.1, 0.15) is 38.5 Å². The Bertz CT molecular complexity index is 837. The number of hydrogen-bond acceptors (Lipinski definition) is 4. The molecule has 140 valence electrons. The molecule has 6 nitrogen and oxygen atoms in total. The number of sulfonamides is 1. The summed E-state index contributed by atoms with van der Waals surface area (Å²) >= 11 is 5.43. The summed E-state index contributed by atoms with van der Waals surface area (Å²) in [6.45, 7) is 0.683. The summed E-state index contributed by atoms with van der Waals surface area (Å²) in [6, 6.07) is 7.17. The number of amidine groups is 1. The van der Waals surface area contributed by atoms with Gasteiger partial charge in [0.25, 0.3) is 10.0 Å². The van der Waals surface area contributed by atoms with E-state index in [-0.39, 0.29) is 4.90 Å². The first-order chi connectivity index (χ1) is 12.5. The van der Waals surface area contributed by atoms with Gasteiger partial charge >= 0.3 is 0 Å². The number of fused-ring (bicyclic) bond motifs is 2. The molecular formula is C18H24N4O2S2. The Morgan fingerprint density at radius 1 is 1.23 bits per heavy atom. The summed E-state index contributed by atoms with van der Waals surface area (Å²) in [4.78, 5) is 4.38. The lowest BCUT2D eigenvalue weighted by Crippen LogP contribution is -2.40. The molecule has 1 aliphatic heterocycles. The monoisotopic (exact) mass is 392 g/mol. The van der Waals surface area contributed by atoms with E-state index in [0.29, 0.717) is 35.6 Å². The molecule has 0 saturated heterocycles. The van der Waals surface area contributed by atoms with Gasteiger partial charge in [0.05, 0.1) is 4.90 Å². The van der Waals surface area contributed by atoms with Gasteiger partial charge in [0.2, 0.25) is 0 Å². The van der Waals surface area contributed by atoms with Crippen LogP contribution in [0.5, 0.6) is 0 Å². The van der Waals surface area contributed by atoms with E-state index < -0.39 is 10.0 Å². The van der Waals surface area contributed by atoms with E-state index in [1.165, 1.54) is 25.7 Å². The van der Waals surface area contributed by atoms with Crippen molar-refractivity contribution in [1.29, 1.82) is 0 Å². The molecule has 3 N–H and O–H groups in total. The number of anilines is 1. The van der Waals surface area contributed by atoms with Crippen LogP contribution in [0, 0.1) is 11.8 Å². The molecule has 1 heterocycles. The van der Waals surface area contributed by atoms with Crippen LogP contribution in [0.4, 0.5) is 5.69 Å². The Morgan fingerprint density at radius 2 is 2.12 bits per heavy atom. The minimum atomic E-state index is -3.62. The first-order valence-corrected chi connectivity index (χ1v) is 11.1. The fourth-order valence-corrected chi connectivity index (χ4v) is 5.74. The molecule has 1 aromatic carbocycles. The molecule has 0 radical (unpaired) electrons. The molecule has 2 aliphatic carbocycles. The van der Waals surface area contributed by atoms with Crippen molar-refractivity contribution in [2.24, 2.45) is 16.8 Å². The SMILES string of the molecule is O=S(=O)(NC1=NCCC1)c1cccc(NC(=S)N[C@H]2C[C@H]3CC[C@H]2C3)c1. The number of benzene rings is 1. The molecule has 0 unspecified atom stereocenters. The van der Waals surface area contributed by atoms with E-state index in [1.54, 1.807) is 18.2 Å². The lowest BCUT2D eigenvalue weighted by molar-refractivity contribution is 0.392. The van der Waals surface area contributed by atoms with Gasteiger partial charge in [-0.15, -0.1) is 0 Å². The maximum absolute atomic E-state index is 12.5. The zero-order chi connectivity index (χ0) is 18.1. The third-order valence-electron chi connectivity index (χ3n) is 5.58. The quantitative estimate of drug-likeness (QED) is 0.686. The molecule has 8 heteroatoms. The van der Waals surface area contributed by atoms with E-state index in [1.807, 2.05) is 6.07 Å². The summed E-state index contributed by atoms with van der Waals surface area (Å²) < 4.78 is 27.6. The lowest BCUT2D eigenvalue weighted by Gasteiger charge is -2.24. The van der Waals surface area contributed by atoms with Crippen LogP contribution >= 0.6 is 12.2 Å². The summed E-state index contributed by atoms with van der Waals surface area (Å²) in [5.41, 5.74) is 0.668. The van der Waals surface area contributed by atoms with E-state index in [2.05, 4.69) is 20.3 Å². The Labute approximate surface area is 159 Å². The van der Waals surface area contributed by atoms with Crippen LogP contribution in [-0.2, 0) is 10.0 Å². The highest BCUT2D eigenvalue weighted by Gasteiger charge is 2.39. The van der Waals surface area contributed by atoms with Gasteiger partial charge < -0.3 is 10.6 Å². The first-order valence-electron chi connectivity index (χ1n) is 9.23. The van der Waals surface area contributed by atoms with Crippen LogP contribution < -0.4 is 15.4 Å². The predicted octanol–water partition coefficient (Wildman–Crippen LogP) is 2.63. The van der Waals surface area contributed by atoms with Crippen molar-refractivity contribution in [3.05, 3.63) is 24.3 Å². The Morgan fingerprint density at radius 3 is 2.81 bits per heavy atom. The average molecular weight is 393 g/mol. The topological polar surface area (TPSA) is 82.6 Å². The first kappa shape index (κ1) is 17.7. The molecule has 0 amide bonds. The highest BCUT2D eigenvalue weighted by Crippen LogP contribution is 2.44. The third kappa shape index (κ3) is 3.86. The second-order valence-electron chi connectivity index (χ2n) is 7.45. The Hall–Kier alpha value is -1.67. The molecular weight excluding hydrogens is 368 g/mol. The predicted molar refractivity (Wildman–Crippen MR) is 107 cm³/mol. The molecule has 2 fully saturated rings. The second kappa shape index (κ2) is 7.15. The Balaban J connectivity index is 1.39. The minimum absolute atomic E-state index is 0.208. The number of rotatable bonds is 4.